The molecule has 15 nitrogen and oxygen atoms in total. The SMILES string of the molecule is COC(=O)N[C@H](C(=O)N1CCC[C@H]1c1ncc(-c2cc(F)c3c(c2)OC(c2cnc(CC(C)C)s2)n2c-3cc3cc(-c4cnc([C@@H]5CC6C[C@H]6N5C(=O)OC(C)(C)C)[nH]4)ccc32)[nH]1)C(C)C. The van der Waals surface area contributed by atoms with E-state index in [0.717, 1.165) is 63.6 Å². The van der Waals surface area contributed by atoms with E-state index in [1.165, 1.54) is 13.2 Å². The molecule has 10 rings (SSSR count). The summed E-state index contributed by atoms with van der Waals surface area (Å²) in [4.78, 5) is 64.9. The number of ether oxygens (including phenoxy) is 3. The number of nitrogens with zero attached hydrogens (tertiary/aromatic N) is 6. The number of hydrogen-bond donors (Lipinski definition) is 3. The van der Waals surface area contributed by atoms with E-state index in [4.69, 9.17) is 29.2 Å². The van der Waals surface area contributed by atoms with Crippen LogP contribution in [0.15, 0.2) is 55.0 Å². The number of carbonyl (C=O) groups is 3. The normalized spacial score (nSPS) is 21.5. The number of aromatic amines is 2. The van der Waals surface area contributed by atoms with E-state index >= 15 is 4.39 Å². The molecule has 0 bridgehead atoms. The molecule has 0 spiro atoms. The zero-order valence-corrected chi connectivity index (χ0v) is 39.3. The van der Waals surface area contributed by atoms with Gasteiger partial charge in [-0.3, -0.25) is 14.3 Å². The number of likely N-dealkylation sites (tertiary alicyclic amines) is 2. The number of nitrogens with one attached hydrogen (secondary N) is 3. The molecule has 3 aliphatic heterocycles. The average molecular weight is 918 g/mol. The fourth-order valence-corrected chi connectivity index (χ4v) is 11.1. The molecule has 66 heavy (non-hydrogen) atoms. The number of methoxy groups -OCH3 is 1. The summed E-state index contributed by atoms with van der Waals surface area (Å²) in [5, 5.41) is 4.58. The molecule has 6 atom stereocenters. The summed E-state index contributed by atoms with van der Waals surface area (Å²) in [7, 11) is 1.27. The number of alkyl carbamates (subject to hydrolysis) is 1. The third kappa shape index (κ3) is 7.98. The van der Waals surface area contributed by atoms with Crippen LogP contribution >= 0.6 is 11.3 Å². The Morgan fingerprint density at radius 2 is 1.70 bits per heavy atom. The Labute approximate surface area is 386 Å². The maximum Gasteiger partial charge on any atom is 0.411 e. The summed E-state index contributed by atoms with van der Waals surface area (Å²) < 4.78 is 36.4. The van der Waals surface area contributed by atoms with E-state index in [1.54, 1.807) is 22.4 Å². The van der Waals surface area contributed by atoms with Gasteiger partial charge in [0.05, 0.1) is 69.6 Å². The van der Waals surface area contributed by atoms with E-state index in [0.29, 0.717) is 58.9 Å². The van der Waals surface area contributed by atoms with Gasteiger partial charge in [-0.25, -0.2) is 28.9 Å². The van der Waals surface area contributed by atoms with Crippen molar-refractivity contribution in [2.75, 3.05) is 13.7 Å². The Bertz CT molecular complexity index is 2860. The Hall–Kier alpha value is -6.23. The Balaban J connectivity index is 0.979. The Morgan fingerprint density at radius 1 is 0.955 bits per heavy atom. The van der Waals surface area contributed by atoms with Crippen molar-refractivity contribution >= 4 is 40.3 Å². The molecule has 6 aromatic rings. The highest BCUT2D eigenvalue weighted by Gasteiger charge is 2.56. The molecule has 1 aliphatic carbocycles. The maximum absolute atomic E-state index is 16.9. The molecule has 17 heteroatoms. The number of piperidine rings is 1. The molecular formula is C49H56FN9O6S. The molecule has 0 radical (unpaired) electrons. The molecule has 4 aromatic heterocycles. The van der Waals surface area contributed by atoms with Crippen LogP contribution in [0, 0.1) is 23.6 Å². The van der Waals surface area contributed by atoms with Crippen LogP contribution in [0.4, 0.5) is 14.0 Å². The number of thiazole rings is 1. The molecule has 3 N–H and O–H groups in total. The number of fused-ring (bicyclic) bond motifs is 6. The molecule has 3 fully saturated rings. The number of rotatable bonds is 10. The maximum atomic E-state index is 16.9. The highest BCUT2D eigenvalue weighted by molar-refractivity contribution is 7.11. The summed E-state index contributed by atoms with van der Waals surface area (Å²) in [6.07, 6.45) is 7.84. The predicted molar refractivity (Wildman–Crippen MR) is 247 cm³/mol. The number of benzene rings is 2. The van der Waals surface area contributed by atoms with Crippen LogP contribution in [0.25, 0.3) is 44.7 Å². The number of carbonyl (C=O) groups excluding carboxylic acids is 3. The van der Waals surface area contributed by atoms with E-state index in [2.05, 4.69) is 39.8 Å². The summed E-state index contributed by atoms with van der Waals surface area (Å²) in [5.74, 6) is 1.72. The lowest BCUT2D eigenvalue weighted by molar-refractivity contribution is -0.135. The molecular weight excluding hydrogens is 862 g/mol. The van der Waals surface area contributed by atoms with Crippen molar-refractivity contribution < 1.29 is 33.0 Å². The fraction of sp³-hybridized carbons (Fsp3) is 0.469. The smallest absolute Gasteiger partial charge is 0.411 e. The van der Waals surface area contributed by atoms with Crippen LogP contribution in [-0.4, -0.2) is 88.7 Å². The van der Waals surface area contributed by atoms with Crippen LogP contribution in [0.5, 0.6) is 5.75 Å². The summed E-state index contributed by atoms with van der Waals surface area (Å²) >= 11 is 1.59. The number of hydrogen-bond acceptors (Lipinski definition) is 10. The van der Waals surface area contributed by atoms with Gasteiger partial charge in [0.1, 0.15) is 34.9 Å². The Kier molecular flexibility index (Phi) is 11.0. The molecule has 2 aromatic carbocycles. The monoisotopic (exact) mass is 917 g/mol. The molecule has 4 aliphatic rings. The van der Waals surface area contributed by atoms with Crippen LogP contribution in [0.2, 0.25) is 0 Å². The minimum absolute atomic E-state index is 0.170. The van der Waals surface area contributed by atoms with Crippen LogP contribution in [-0.2, 0) is 20.7 Å². The first-order valence-electron chi connectivity index (χ1n) is 22.9. The summed E-state index contributed by atoms with van der Waals surface area (Å²) in [5.41, 5.74) is 4.12. The Morgan fingerprint density at radius 3 is 2.41 bits per heavy atom. The van der Waals surface area contributed by atoms with Crippen LogP contribution in [0.1, 0.15) is 114 Å². The lowest BCUT2D eigenvalue weighted by Crippen LogP contribution is -2.51. The predicted octanol–water partition coefficient (Wildman–Crippen LogP) is 9.94. The lowest BCUT2D eigenvalue weighted by Gasteiger charge is -2.30. The van der Waals surface area contributed by atoms with Gasteiger partial charge in [-0.2, -0.15) is 0 Å². The standard InChI is InChI=1S/C49H56FN9O6S/c1-24(2)14-40-51-23-39(66-40)46-58-33-12-11-26(31-21-53-44(54-31)37-19-29-17-35(29)59(37)48(62)65-49(5,6)7)15-28(33)18-36(58)41-30(50)16-27(20-38(41)64-46)32-22-52-43(55-32)34-10-9-13-57(34)45(60)42(25(3)4)56-47(61)63-8/h11-12,15-16,18,20-25,29,34-35,37,42,46H,9-10,13-14,17,19H2,1-8H3,(H,52,55)(H,53,54)(H,56,61)/t29?,34-,35+,37-,42-,46?/m0/s1. The number of imidazole rings is 2. The van der Waals surface area contributed by atoms with Gasteiger partial charge in [-0.05, 0) is 94.5 Å². The quantitative estimate of drug-likeness (QED) is 0.121. The largest absolute Gasteiger partial charge is 0.464 e. The number of H-pyrrole nitrogens is 2. The first kappa shape index (κ1) is 43.7. The summed E-state index contributed by atoms with van der Waals surface area (Å²) in [6.45, 7) is 14.2. The van der Waals surface area contributed by atoms with E-state index in [-0.39, 0.29) is 36.0 Å². The first-order valence-corrected chi connectivity index (χ1v) is 23.7. The molecule has 2 unspecified atom stereocenters. The number of aromatic nitrogens is 6. The van der Waals surface area contributed by atoms with Crippen LogP contribution < -0.4 is 10.1 Å². The molecule has 346 valence electrons. The first-order chi connectivity index (χ1) is 31.5. The zero-order chi connectivity index (χ0) is 46.3. The second-order valence-electron chi connectivity index (χ2n) is 19.8. The summed E-state index contributed by atoms with van der Waals surface area (Å²) in [6, 6.07) is 10.4. The third-order valence-electron chi connectivity index (χ3n) is 13.1. The van der Waals surface area contributed by atoms with Crippen molar-refractivity contribution in [1.29, 1.82) is 0 Å². The van der Waals surface area contributed by atoms with Gasteiger partial charge in [0.25, 0.3) is 0 Å². The minimum atomic E-state index is -0.765. The highest BCUT2D eigenvalue weighted by atomic mass is 32.1. The van der Waals surface area contributed by atoms with Gasteiger partial charge in [0.2, 0.25) is 12.1 Å². The number of halogens is 1. The minimum Gasteiger partial charge on any atom is -0.464 e. The van der Waals surface area contributed by atoms with E-state index in [1.807, 2.05) is 76.2 Å². The molecule has 3 amide bonds. The number of amides is 3. The fourth-order valence-electron chi connectivity index (χ4n) is 9.94. The molecule has 2 saturated heterocycles. The van der Waals surface area contributed by atoms with Gasteiger partial charge in [-0.1, -0.05) is 33.8 Å². The van der Waals surface area contributed by atoms with Crippen molar-refractivity contribution in [2.45, 2.75) is 117 Å². The van der Waals surface area contributed by atoms with Gasteiger partial charge >= 0.3 is 12.2 Å². The van der Waals surface area contributed by atoms with Gasteiger partial charge in [0, 0.05) is 41.7 Å². The van der Waals surface area contributed by atoms with Gasteiger partial charge in [-0.15, -0.1) is 11.3 Å². The third-order valence-corrected chi connectivity index (χ3v) is 14.2. The lowest BCUT2D eigenvalue weighted by atomic mass is 10.0. The average Bonchev–Trinajstić information content (AvgIpc) is 4.01. The molecule has 1 saturated carbocycles. The van der Waals surface area contributed by atoms with Crippen molar-refractivity contribution in [3.05, 3.63) is 82.3 Å². The zero-order valence-electron chi connectivity index (χ0n) is 38.5. The van der Waals surface area contributed by atoms with Crippen molar-refractivity contribution in [1.82, 2.24) is 44.6 Å². The van der Waals surface area contributed by atoms with Crippen molar-refractivity contribution in [3.8, 4) is 39.5 Å². The second kappa shape index (κ2) is 16.6. The second-order valence-corrected chi connectivity index (χ2v) is 21.0. The molecule has 7 heterocycles. The van der Waals surface area contributed by atoms with E-state index in [9.17, 15) is 14.4 Å². The van der Waals surface area contributed by atoms with Gasteiger partial charge in [0.15, 0.2) is 0 Å². The van der Waals surface area contributed by atoms with Crippen molar-refractivity contribution in [3.63, 3.8) is 0 Å². The highest BCUT2D eigenvalue weighted by Crippen LogP contribution is 2.54. The van der Waals surface area contributed by atoms with E-state index < -0.39 is 29.8 Å². The van der Waals surface area contributed by atoms with Crippen molar-refractivity contribution in [2.24, 2.45) is 17.8 Å². The topological polar surface area (TPSA) is 173 Å². The van der Waals surface area contributed by atoms with Crippen LogP contribution in [0.3, 0.4) is 0 Å². The van der Waals surface area contributed by atoms with Gasteiger partial charge < -0.3 is 34.4 Å².